The summed E-state index contributed by atoms with van der Waals surface area (Å²) in [4.78, 5) is 4.41. The lowest BCUT2D eigenvalue weighted by atomic mass is 10.5. The third-order valence-corrected chi connectivity index (χ3v) is 2.12. The van der Waals surface area contributed by atoms with Crippen molar-refractivity contribution < 1.29 is 0 Å². The van der Waals surface area contributed by atoms with Gasteiger partial charge in [0.05, 0.1) is 17.6 Å². The number of hydrogen-bond donors (Lipinski definition) is 2. The number of rotatable bonds is 4. The molecular weight excluding hydrogens is 190 g/mol. The smallest absolute Gasteiger partial charge is 0.207 e. The molecule has 2 aromatic heterocycles. The van der Waals surface area contributed by atoms with Crippen molar-refractivity contribution in [1.82, 2.24) is 19.7 Å². The fourth-order valence-electron chi connectivity index (χ4n) is 1.43. The van der Waals surface area contributed by atoms with Gasteiger partial charge in [-0.15, -0.1) is 0 Å². The molecule has 0 radical (unpaired) electrons. The van der Waals surface area contributed by atoms with Crippen molar-refractivity contribution in [3.05, 3.63) is 24.3 Å². The second kappa shape index (κ2) is 4.16. The topological polar surface area (TPSA) is 58.5 Å². The van der Waals surface area contributed by atoms with E-state index < -0.39 is 0 Å². The minimum Gasteiger partial charge on any atom is -0.355 e. The highest BCUT2D eigenvalue weighted by Crippen LogP contribution is 2.14. The number of aryl methyl sites for hydroxylation is 1. The van der Waals surface area contributed by atoms with Gasteiger partial charge in [0.25, 0.3) is 0 Å². The number of anilines is 1. The monoisotopic (exact) mass is 205 g/mol. The first-order valence-corrected chi connectivity index (χ1v) is 5.10. The van der Waals surface area contributed by atoms with Gasteiger partial charge in [-0.05, 0) is 13.3 Å². The summed E-state index contributed by atoms with van der Waals surface area (Å²) in [5, 5.41) is 10.0. The van der Waals surface area contributed by atoms with Crippen LogP contribution in [-0.4, -0.2) is 26.3 Å². The van der Waals surface area contributed by atoms with Crippen LogP contribution in [0.2, 0.25) is 0 Å². The van der Waals surface area contributed by atoms with Crippen LogP contribution < -0.4 is 5.32 Å². The van der Waals surface area contributed by atoms with Crippen LogP contribution in [-0.2, 0) is 0 Å². The Bertz CT molecular complexity index is 415. The zero-order chi connectivity index (χ0) is 10.7. The lowest BCUT2D eigenvalue weighted by Crippen LogP contribution is -2.06. The van der Waals surface area contributed by atoms with E-state index in [2.05, 4.69) is 27.4 Å². The van der Waals surface area contributed by atoms with E-state index in [1.54, 1.807) is 6.20 Å². The van der Waals surface area contributed by atoms with Gasteiger partial charge in [-0.25, -0.2) is 4.98 Å². The van der Waals surface area contributed by atoms with E-state index in [1.807, 2.05) is 23.9 Å². The van der Waals surface area contributed by atoms with Gasteiger partial charge in [0.15, 0.2) is 0 Å². The van der Waals surface area contributed by atoms with Crippen LogP contribution >= 0.6 is 0 Å². The molecule has 2 aromatic rings. The highest BCUT2D eigenvalue weighted by Gasteiger charge is 2.06. The molecule has 0 fully saturated rings. The van der Waals surface area contributed by atoms with E-state index in [0.29, 0.717) is 0 Å². The van der Waals surface area contributed by atoms with Crippen LogP contribution in [0, 0.1) is 6.92 Å². The van der Waals surface area contributed by atoms with Crippen LogP contribution in [0.4, 0.5) is 5.95 Å². The lowest BCUT2D eigenvalue weighted by Gasteiger charge is -2.05. The number of nitrogens with one attached hydrogen (secondary N) is 2. The zero-order valence-corrected chi connectivity index (χ0v) is 8.99. The molecule has 0 atom stereocenters. The summed E-state index contributed by atoms with van der Waals surface area (Å²) in [6.07, 6.45) is 6.69. The highest BCUT2D eigenvalue weighted by atomic mass is 15.2. The summed E-state index contributed by atoms with van der Waals surface area (Å²) in [5.41, 5.74) is 1.99. The third-order valence-electron chi connectivity index (χ3n) is 2.12. The molecule has 15 heavy (non-hydrogen) atoms. The molecule has 0 unspecified atom stereocenters. The van der Waals surface area contributed by atoms with Crippen LogP contribution in [0.5, 0.6) is 0 Å². The summed E-state index contributed by atoms with van der Waals surface area (Å²) in [5.74, 6) is 0.871. The summed E-state index contributed by atoms with van der Waals surface area (Å²) < 4.78 is 1.99. The number of imidazole rings is 1. The Hall–Kier alpha value is -1.78. The predicted molar refractivity (Wildman–Crippen MR) is 59.2 cm³/mol. The van der Waals surface area contributed by atoms with E-state index in [0.717, 1.165) is 30.3 Å². The molecule has 2 rings (SSSR count). The molecule has 0 saturated heterocycles. The number of hydrogen-bond acceptors (Lipinski definition) is 3. The molecule has 0 aliphatic rings. The average Bonchev–Trinajstić information content (AvgIpc) is 2.83. The summed E-state index contributed by atoms with van der Waals surface area (Å²) in [6.45, 7) is 5.03. The maximum atomic E-state index is 4.41. The van der Waals surface area contributed by atoms with Crippen LogP contribution in [0.15, 0.2) is 18.6 Å². The Morgan fingerprint density at radius 3 is 3.07 bits per heavy atom. The Balaban J connectivity index is 2.29. The Kier molecular flexibility index (Phi) is 2.71. The number of nitrogens with zero attached hydrogens (tertiary/aromatic N) is 3. The maximum absolute atomic E-state index is 4.41. The van der Waals surface area contributed by atoms with E-state index >= 15 is 0 Å². The fourth-order valence-corrected chi connectivity index (χ4v) is 1.43. The molecule has 2 N–H and O–H groups in total. The summed E-state index contributed by atoms with van der Waals surface area (Å²) >= 11 is 0. The Labute approximate surface area is 88.5 Å². The van der Waals surface area contributed by atoms with Gasteiger partial charge in [0.1, 0.15) is 0 Å². The van der Waals surface area contributed by atoms with Crippen LogP contribution in [0.25, 0.3) is 5.69 Å². The van der Waals surface area contributed by atoms with E-state index in [9.17, 15) is 0 Å². The van der Waals surface area contributed by atoms with Crippen LogP contribution in [0.1, 0.15) is 19.0 Å². The molecule has 2 heterocycles. The standard InChI is InChI=1S/C10H15N5/c1-3-4-11-10-14-8(2)7-15(10)9-5-12-13-6-9/h5-7H,3-4H2,1-2H3,(H,11,14)(H,12,13). The van der Waals surface area contributed by atoms with Gasteiger partial charge < -0.3 is 5.32 Å². The minimum absolute atomic E-state index is 0.871. The van der Waals surface area contributed by atoms with Crippen LogP contribution in [0.3, 0.4) is 0 Å². The van der Waals surface area contributed by atoms with Crippen molar-refractivity contribution in [1.29, 1.82) is 0 Å². The molecule has 0 spiro atoms. The number of H-pyrrole nitrogens is 1. The molecule has 0 amide bonds. The van der Waals surface area contributed by atoms with Crippen molar-refractivity contribution in [3.63, 3.8) is 0 Å². The largest absolute Gasteiger partial charge is 0.355 e. The second-order valence-electron chi connectivity index (χ2n) is 3.46. The zero-order valence-electron chi connectivity index (χ0n) is 8.99. The molecule has 0 aromatic carbocycles. The van der Waals surface area contributed by atoms with Crippen molar-refractivity contribution in [2.75, 3.05) is 11.9 Å². The van der Waals surface area contributed by atoms with E-state index in [4.69, 9.17) is 0 Å². The van der Waals surface area contributed by atoms with Crippen molar-refractivity contribution in [2.24, 2.45) is 0 Å². The molecule has 5 heteroatoms. The van der Waals surface area contributed by atoms with Crippen molar-refractivity contribution >= 4 is 5.95 Å². The Morgan fingerprint density at radius 1 is 1.53 bits per heavy atom. The highest BCUT2D eigenvalue weighted by molar-refractivity contribution is 5.40. The average molecular weight is 205 g/mol. The SMILES string of the molecule is CCCNc1nc(C)cn1-c1cn[nH]c1. The third kappa shape index (κ3) is 2.01. The molecule has 0 aliphatic carbocycles. The van der Waals surface area contributed by atoms with Crippen molar-refractivity contribution in [3.8, 4) is 5.69 Å². The van der Waals surface area contributed by atoms with Gasteiger partial charge in [0.2, 0.25) is 5.95 Å². The van der Waals surface area contributed by atoms with Crippen molar-refractivity contribution in [2.45, 2.75) is 20.3 Å². The molecule has 0 saturated carbocycles. The first-order chi connectivity index (χ1) is 7.31. The minimum atomic E-state index is 0.871. The van der Waals surface area contributed by atoms with Gasteiger partial charge in [-0.2, -0.15) is 5.10 Å². The van der Waals surface area contributed by atoms with E-state index in [1.165, 1.54) is 0 Å². The molecular formula is C10H15N5. The van der Waals surface area contributed by atoms with Gasteiger partial charge in [-0.1, -0.05) is 6.92 Å². The summed E-state index contributed by atoms with van der Waals surface area (Å²) in [7, 11) is 0. The Morgan fingerprint density at radius 2 is 2.40 bits per heavy atom. The molecule has 5 nitrogen and oxygen atoms in total. The molecule has 0 aliphatic heterocycles. The predicted octanol–water partition coefficient (Wildman–Crippen LogP) is 1.73. The lowest BCUT2D eigenvalue weighted by molar-refractivity contribution is 0.937. The maximum Gasteiger partial charge on any atom is 0.207 e. The second-order valence-corrected chi connectivity index (χ2v) is 3.46. The molecule has 80 valence electrons. The van der Waals surface area contributed by atoms with Gasteiger partial charge in [0, 0.05) is 18.9 Å². The number of aromatic amines is 1. The van der Waals surface area contributed by atoms with Gasteiger partial charge in [-0.3, -0.25) is 9.67 Å². The quantitative estimate of drug-likeness (QED) is 0.799. The summed E-state index contributed by atoms with van der Waals surface area (Å²) in [6, 6.07) is 0. The van der Waals surface area contributed by atoms with E-state index in [-0.39, 0.29) is 0 Å². The fraction of sp³-hybridized carbons (Fsp3) is 0.400. The normalized spacial score (nSPS) is 10.5. The first-order valence-electron chi connectivity index (χ1n) is 5.10. The number of aromatic nitrogens is 4. The van der Waals surface area contributed by atoms with Gasteiger partial charge >= 0.3 is 0 Å². The molecule has 0 bridgehead atoms. The first kappa shape index (κ1) is 9.76.